The van der Waals surface area contributed by atoms with E-state index in [-0.39, 0.29) is 11.9 Å². The van der Waals surface area contributed by atoms with Crippen LogP contribution in [0.1, 0.15) is 6.92 Å². The molecule has 0 aliphatic carbocycles. The molecular weight excluding hydrogens is 306 g/mol. The Hall–Kier alpha value is -1.62. The van der Waals surface area contributed by atoms with Crippen LogP contribution in [0.4, 0.5) is 5.82 Å². The van der Waals surface area contributed by atoms with E-state index in [1.807, 2.05) is 37.3 Å². The fourth-order valence-corrected chi connectivity index (χ4v) is 2.23. The van der Waals surface area contributed by atoms with Crippen LogP contribution in [0.2, 0.25) is 0 Å². The van der Waals surface area contributed by atoms with E-state index in [1.165, 1.54) is 0 Å². The number of nitrogens with zero attached hydrogens (tertiary/aromatic N) is 2. The summed E-state index contributed by atoms with van der Waals surface area (Å²) in [7, 11) is 3.48. The molecule has 2 aromatic rings. The Morgan fingerprint density at radius 1 is 1.32 bits per heavy atom. The standard InChI is InChI=1S/C14H16BrN3O/c1-9(14(19)18(2)3)16-13-7-4-10-8-11(15)5-6-12(10)17-13/h4-9H,1-3H3,(H,16,17)/t9-/m0/s1. The van der Waals surface area contributed by atoms with Gasteiger partial charge in [0, 0.05) is 24.0 Å². The number of nitrogens with one attached hydrogen (secondary N) is 1. The molecule has 100 valence electrons. The maximum absolute atomic E-state index is 11.8. The molecule has 0 bridgehead atoms. The van der Waals surface area contributed by atoms with Crippen molar-refractivity contribution in [3.05, 3.63) is 34.8 Å². The van der Waals surface area contributed by atoms with Crippen molar-refractivity contribution < 1.29 is 4.79 Å². The fourth-order valence-electron chi connectivity index (χ4n) is 1.85. The maximum atomic E-state index is 11.8. The number of likely N-dealkylation sites (N-methyl/N-ethyl adjacent to an activating group) is 1. The van der Waals surface area contributed by atoms with Gasteiger partial charge in [0.1, 0.15) is 11.9 Å². The number of carbonyl (C=O) groups excluding carboxylic acids is 1. The molecular formula is C14H16BrN3O. The van der Waals surface area contributed by atoms with E-state index < -0.39 is 0 Å². The predicted octanol–water partition coefficient (Wildman–Crippen LogP) is 2.89. The van der Waals surface area contributed by atoms with Crippen molar-refractivity contribution in [3.8, 4) is 0 Å². The molecule has 2 rings (SSSR count). The van der Waals surface area contributed by atoms with Crippen molar-refractivity contribution in [2.75, 3.05) is 19.4 Å². The summed E-state index contributed by atoms with van der Waals surface area (Å²) < 4.78 is 1.03. The molecule has 0 saturated heterocycles. The summed E-state index contributed by atoms with van der Waals surface area (Å²) in [5.41, 5.74) is 0.901. The van der Waals surface area contributed by atoms with Crippen LogP contribution in [0.25, 0.3) is 10.9 Å². The van der Waals surface area contributed by atoms with Gasteiger partial charge in [0.15, 0.2) is 0 Å². The number of pyridine rings is 1. The first kappa shape index (κ1) is 13.8. The Morgan fingerprint density at radius 2 is 2.05 bits per heavy atom. The highest BCUT2D eigenvalue weighted by Gasteiger charge is 2.14. The zero-order valence-electron chi connectivity index (χ0n) is 11.1. The summed E-state index contributed by atoms with van der Waals surface area (Å²) in [6, 6.07) is 9.49. The van der Waals surface area contributed by atoms with E-state index in [0.29, 0.717) is 5.82 Å². The van der Waals surface area contributed by atoms with Crippen LogP contribution >= 0.6 is 15.9 Å². The molecule has 1 atom stereocenters. The van der Waals surface area contributed by atoms with Gasteiger partial charge in [-0.3, -0.25) is 4.79 Å². The van der Waals surface area contributed by atoms with Crippen LogP contribution in [0.3, 0.4) is 0 Å². The lowest BCUT2D eigenvalue weighted by molar-refractivity contribution is -0.129. The number of rotatable bonds is 3. The second kappa shape index (κ2) is 5.57. The molecule has 0 aliphatic rings. The van der Waals surface area contributed by atoms with Crippen molar-refractivity contribution in [3.63, 3.8) is 0 Å². The predicted molar refractivity (Wildman–Crippen MR) is 81.2 cm³/mol. The van der Waals surface area contributed by atoms with E-state index in [1.54, 1.807) is 19.0 Å². The largest absolute Gasteiger partial charge is 0.359 e. The molecule has 1 aromatic heterocycles. The van der Waals surface area contributed by atoms with E-state index in [0.717, 1.165) is 15.4 Å². The third-order valence-electron chi connectivity index (χ3n) is 2.83. The van der Waals surface area contributed by atoms with Gasteiger partial charge in [-0.15, -0.1) is 0 Å². The number of hydrogen-bond donors (Lipinski definition) is 1. The lowest BCUT2D eigenvalue weighted by atomic mass is 10.2. The Bertz CT molecular complexity index is 613. The van der Waals surface area contributed by atoms with Crippen LogP contribution in [-0.2, 0) is 4.79 Å². The molecule has 0 saturated carbocycles. The second-order valence-corrected chi connectivity index (χ2v) is 5.55. The van der Waals surface area contributed by atoms with Crippen molar-refractivity contribution >= 4 is 38.6 Å². The zero-order chi connectivity index (χ0) is 14.0. The highest BCUT2D eigenvalue weighted by Crippen LogP contribution is 2.20. The van der Waals surface area contributed by atoms with Gasteiger partial charge in [0.2, 0.25) is 5.91 Å². The van der Waals surface area contributed by atoms with E-state index in [4.69, 9.17) is 0 Å². The molecule has 1 amide bonds. The Morgan fingerprint density at radius 3 is 2.74 bits per heavy atom. The summed E-state index contributed by atoms with van der Waals surface area (Å²) in [6.07, 6.45) is 0. The summed E-state index contributed by atoms with van der Waals surface area (Å²) in [4.78, 5) is 17.8. The van der Waals surface area contributed by atoms with Gasteiger partial charge < -0.3 is 10.2 Å². The first-order valence-corrected chi connectivity index (χ1v) is 6.80. The van der Waals surface area contributed by atoms with Crippen LogP contribution in [-0.4, -0.2) is 35.9 Å². The van der Waals surface area contributed by atoms with Crippen molar-refractivity contribution in [2.24, 2.45) is 0 Å². The minimum atomic E-state index is -0.296. The quantitative estimate of drug-likeness (QED) is 0.945. The summed E-state index contributed by atoms with van der Waals surface area (Å²) >= 11 is 3.43. The highest BCUT2D eigenvalue weighted by molar-refractivity contribution is 9.10. The third kappa shape index (κ3) is 3.23. The zero-order valence-corrected chi connectivity index (χ0v) is 12.7. The van der Waals surface area contributed by atoms with Crippen molar-refractivity contribution in [1.29, 1.82) is 0 Å². The molecule has 0 unspecified atom stereocenters. The van der Waals surface area contributed by atoms with Gasteiger partial charge in [-0.05, 0) is 37.3 Å². The number of anilines is 1. The van der Waals surface area contributed by atoms with Crippen LogP contribution in [0, 0.1) is 0 Å². The Balaban J connectivity index is 2.22. The van der Waals surface area contributed by atoms with Crippen LogP contribution in [0.15, 0.2) is 34.8 Å². The number of amides is 1. The molecule has 5 heteroatoms. The minimum Gasteiger partial charge on any atom is -0.359 e. The van der Waals surface area contributed by atoms with Crippen molar-refractivity contribution in [1.82, 2.24) is 9.88 Å². The monoisotopic (exact) mass is 321 g/mol. The lowest BCUT2D eigenvalue weighted by Crippen LogP contribution is -2.36. The summed E-state index contributed by atoms with van der Waals surface area (Å²) in [6.45, 7) is 1.83. The first-order valence-electron chi connectivity index (χ1n) is 6.01. The molecule has 0 radical (unpaired) electrons. The van der Waals surface area contributed by atoms with Crippen molar-refractivity contribution in [2.45, 2.75) is 13.0 Å². The third-order valence-corrected chi connectivity index (χ3v) is 3.32. The molecule has 19 heavy (non-hydrogen) atoms. The van der Waals surface area contributed by atoms with Crippen LogP contribution in [0.5, 0.6) is 0 Å². The number of carbonyl (C=O) groups is 1. The van der Waals surface area contributed by atoms with Gasteiger partial charge in [0.25, 0.3) is 0 Å². The van der Waals surface area contributed by atoms with Gasteiger partial charge >= 0.3 is 0 Å². The molecule has 0 aliphatic heterocycles. The molecule has 1 aromatic carbocycles. The highest BCUT2D eigenvalue weighted by atomic mass is 79.9. The molecule has 0 fully saturated rings. The number of fused-ring (bicyclic) bond motifs is 1. The van der Waals surface area contributed by atoms with E-state index in [2.05, 4.69) is 26.2 Å². The van der Waals surface area contributed by atoms with Gasteiger partial charge in [-0.1, -0.05) is 15.9 Å². The number of hydrogen-bond acceptors (Lipinski definition) is 3. The lowest BCUT2D eigenvalue weighted by Gasteiger charge is -2.18. The Labute approximate surface area is 120 Å². The SMILES string of the molecule is C[C@H](Nc1ccc2cc(Br)ccc2n1)C(=O)N(C)C. The molecule has 1 heterocycles. The van der Waals surface area contributed by atoms with Gasteiger partial charge in [-0.25, -0.2) is 4.98 Å². The van der Waals surface area contributed by atoms with Crippen LogP contribution < -0.4 is 5.32 Å². The van der Waals surface area contributed by atoms with E-state index >= 15 is 0 Å². The molecule has 0 spiro atoms. The second-order valence-electron chi connectivity index (χ2n) is 4.63. The molecule has 1 N–H and O–H groups in total. The average molecular weight is 322 g/mol. The minimum absolute atomic E-state index is 0.0257. The summed E-state index contributed by atoms with van der Waals surface area (Å²) in [5, 5.41) is 4.18. The maximum Gasteiger partial charge on any atom is 0.244 e. The smallest absolute Gasteiger partial charge is 0.244 e. The summed E-state index contributed by atoms with van der Waals surface area (Å²) in [5.74, 6) is 0.732. The topological polar surface area (TPSA) is 45.2 Å². The average Bonchev–Trinajstić information content (AvgIpc) is 2.37. The Kier molecular flexibility index (Phi) is 4.04. The number of benzene rings is 1. The van der Waals surface area contributed by atoms with Gasteiger partial charge in [-0.2, -0.15) is 0 Å². The number of aromatic nitrogens is 1. The first-order chi connectivity index (χ1) is 8.97. The fraction of sp³-hybridized carbons (Fsp3) is 0.286. The van der Waals surface area contributed by atoms with E-state index in [9.17, 15) is 4.79 Å². The molecule has 4 nitrogen and oxygen atoms in total. The number of halogens is 1. The van der Waals surface area contributed by atoms with Gasteiger partial charge in [0.05, 0.1) is 5.52 Å². The normalized spacial score (nSPS) is 12.2.